The molecule has 2 aromatic rings. The van der Waals surface area contributed by atoms with Crippen LogP contribution in [0.3, 0.4) is 0 Å². The van der Waals surface area contributed by atoms with Crippen molar-refractivity contribution in [3.63, 3.8) is 0 Å². The Morgan fingerprint density at radius 1 is 1.22 bits per heavy atom. The maximum Gasteiger partial charge on any atom is 0.191 e. The van der Waals surface area contributed by atoms with Gasteiger partial charge in [-0.1, -0.05) is 12.1 Å². The molecule has 1 heterocycles. The Balaban J connectivity index is 0.00000364. The Hall–Kier alpha value is -1.61. The van der Waals surface area contributed by atoms with Gasteiger partial charge in [-0.3, -0.25) is 0 Å². The second-order valence-corrected chi connectivity index (χ2v) is 5.98. The number of nitrogens with zero attached hydrogens (tertiary/aromatic N) is 1. The maximum absolute atomic E-state index is 13.7. The number of hydrogen-bond acceptors (Lipinski definition) is 3. The van der Waals surface area contributed by atoms with E-state index in [4.69, 9.17) is 9.15 Å². The lowest BCUT2D eigenvalue weighted by Crippen LogP contribution is -2.39. The van der Waals surface area contributed by atoms with Crippen LogP contribution < -0.4 is 10.6 Å². The number of ether oxygens (including phenoxy) is 1. The number of aliphatic imine (C=N–C) groups is 1. The van der Waals surface area contributed by atoms with Crippen molar-refractivity contribution in [1.82, 2.24) is 10.6 Å². The lowest BCUT2D eigenvalue weighted by molar-refractivity contribution is 0.145. The predicted octanol–water partition coefficient (Wildman–Crippen LogP) is 4.05. The molecule has 1 aromatic heterocycles. The van der Waals surface area contributed by atoms with Crippen LogP contribution in [-0.2, 0) is 17.7 Å². The summed E-state index contributed by atoms with van der Waals surface area (Å²) < 4.78 is 24.4. The van der Waals surface area contributed by atoms with E-state index in [0.29, 0.717) is 31.2 Å². The average molecular weight is 489 g/mol. The van der Waals surface area contributed by atoms with Crippen molar-refractivity contribution in [2.45, 2.75) is 33.2 Å². The standard InChI is InChI=1S/C20H28FN3O2.HI/c1-3-25-12-5-10-22-20(23-11-9-18-6-4-13-26-18)24-15-17-8-7-16(2)19(21)14-17;/h4,6-8,13-14H,3,5,9-12,15H2,1-2H3,(H2,22,23,24);1H. The number of halogens is 2. The fourth-order valence-corrected chi connectivity index (χ4v) is 2.36. The van der Waals surface area contributed by atoms with E-state index in [1.807, 2.05) is 25.1 Å². The second kappa shape index (κ2) is 13.5. The topological polar surface area (TPSA) is 58.8 Å². The van der Waals surface area contributed by atoms with Crippen LogP contribution in [0.2, 0.25) is 0 Å². The van der Waals surface area contributed by atoms with Crippen LogP contribution in [0.1, 0.15) is 30.2 Å². The molecule has 2 N–H and O–H groups in total. The summed E-state index contributed by atoms with van der Waals surface area (Å²) in [5, 5.41) is 6.58. The Morgan fingerprint density at radius 2 is 2.04 bits per heavy atom. The van der Waals surface area contributed by atoms with Gasteiger partial charge in [-0.25, -0.2) is 9.38 Å². The molecule has 0 aliphatic rings. The maximum atomic E-state index is 13.7. The number of furan rings is 1. The van der Waals surface area contributed by atoms with Gasteiger partial charge in [-0.15, -0.1) is 24.0 Å². The summed E-state index contributed by atoms with van der Waals surface area (Å²) in [6, 6.07) is 9.04. The molecule has 0 bridgehead atoms. The smallest absolute Gasteiger partial charge is 0.191 e. The van der Waals surface area contributed by atoms with E-state index in [-0.39, 0.29) is 29.8 Å². The van der Waals surface area contributed by atoms with Crippen molar-refractivity contribution in [2.75, 3.05) is 26.3 Å². The van der Waals surface area contributed by atoms with Crippen molar-refractivity contribution in [3.8, 4) is 0 Å². The Kier molecular flexibility index (Phi) is 11.8. The first kappa shape index (κ1) is 23.4. The van der Waals surface area contributed by atoms with Gasteiger partial charge in [0.05, 0.1) is 12.8 Å². The number of aryl methyl sites for hydroxylation is 1. The third-order valence-electron chi connectivity index (χ3n) is 3.86. The zero-order valence-corrected chi connectivity index (χ0v) is 18.3. The summed E-state index contributed by atoms with van der Waals surface area (Å²) in [6.07, 6.45) is 3.33. The highest BCUT2D eigenvalue weighted by molar-refractivity contribution is 14.0. The van der Waals surface area contributed by atoms with E-state index in [9.17, 15) is 4.39 Å². The van der Waals surface area contributed by atoms with Crippen LogP contribution in [0.25, 0.3) is 0 Å². The minimum absolute atomic E-state index is 0. The highest BCUT2D eigenvalue weighted by Gasteiger charge is 2.02. The van der Waals surface area contributed by atoms with Gasteiger partial charge < -0.3 is 19.8 Å². The Labute approximate surface area is 177 Å². The van der Waals surface area contributed by atoms with Crippen molar-refractivity contribution in [3.05, 3.63) is 59.3 Å². The van der Waals surface area contributed by atoms with E-state index in [1.165, 1.54) is 6.07 Å². The number of guanidine groups is 1. The molecular weight excluding hydrogens is 460 g/mol. The van der Waals surface area contributed by atoms with Gasteiger partial charge >= 0.3 is 0 Å². The molecule has 0 aliphatic carbocycles. The normalized spacial score (nSPS) is 11.1. The van der Waals surface area contributed by atoms with Gasteiger partial charge in [0.2, 0.25) is 0 Å². The van der Waals surface area contributed by atoms with Gasteiger partial charge in [-0.2, -0.15) is 0 Å². The number of rotatable bonds is 10. The molecule has 5 nitrogen and oxygen atoms in total. The Morgan fingerprint density at radius 3 is 2.74 bits per heavy atom. The third kappa shape index (κ3) is 9.23. The van der Waals surface area contributed by atoms with Crippen molar-refractivity contribution in [2.24, 2.45) is 4.99 Å². The first-order valence-electron chi connectivity index (χ1n) is 9.06. The lowest BCUT2D eigenvalue weighted by Gasteiger charge is -2.12. The van der Waals surface area contributed by atoms with Crippen molar-refractivity contribution >= 4 is 29.9 Å². The molecule has 150 valence electrons. The van der Waals surface area contributed by atoms with Crippen LogP contribution in [0.5, 0.6) is 0 Å². The summed E-state index contributed by atoms with van der Waals surface area (Å²) in [7, 11) is 0. The van der Waals surface area contributed by atoms with Crippen LogP contribution >= 0.6 is 24.0 Å². The quantitative estimate of drug-likeness (QED) is 0.229. The summed E-state index contributed by atoms with van der Waals surface area (Å²) in [5.41, 5.74) is 1.48. The fourth-order valence-electron chi connectivity index (χ4n) is 2.36. The van der Waals surface area contributed by atoms with Gasteiger partial charge in [-0.05, 0) is 49.6 Å². The van der Waals surface area contributed by atoms with E-state index < -0.39 is 0 Å². The van der Waals surface area contributed by atoms with E-state index in [2.05, 4.69) is 15.6 Å². The van der Waals surface area contributed by atoms with Gasteiger partial charge in [0, 0.05) is 32.7 Å². The zero-order valence-electron chi connectivity index (χ0n) is 16.0. The molecule has 0 saturated carbocycles. The molecule has 0 saturated heterocycles. The first-order chi connectivity index (χ1) is 12.7. The van der Waals surface area contributed by atoms with E-state index in [1.54, 1.807) is 19.3 Å². The first-order valence-corrected chi connectivity index (χ1v) is 9.06. The second-order valence-electron chi connectivity index (χ2n) is 5.98. The van der Waals surface area contributed by atoms with Crippen molar-refractivity contribution < 1.29 is 13.5 Å². The molecule has 0 fully saturated rings. The molecule has 0 aliphatic heterocycles. The molecule has 2 rings (SSSR count). The summed E-state index contributed by atoms with van der Waals surface area (Å²) >= 11 is 0. The SMILES string of the molecule is CCOCCCNC(=NCc1ccc(C)c(F)c1)NCCc1ccco1.I. The molecular formula is C20H29FIN3O2. The molecule has 27 heavy (non-hydrogen) atoms. The lowest BCUT2D eigenvalue weighted by atomic mass is 10.1. The molecule has 0 radical (unpaired) electrons. The highest BCUT2D eigenvalue weighted by atomic mass is 127. The largest absolute Gasteiger partial charge is 0.469 e. The third-order valence-corrected chi connectivity index (χ3v) is 3.86. The van der Waals surface area contributed by atoms with Gasteiger partial charge in [0.15, 0.2) is 5.96 Å². The predicted molar refractivity (Wildman–Crippen MR) is 117 cm³/mol. The zero-order chi connectivity index (χ0) is 18.6. The molecule has 0 atom stereocenters. The molecule has 0 unspecified atom stereocenters. The molecule has 7 heteroatoms. The number of hydrogen-bond donors (Lipinski definition) is 2. The van der Waals surface area contributed by atoms with Crippen molar-refractivity contribution in [1.29, 1.82) is 0 Å². The van der Waals surface area contributed by atoms with Crippen LogP contribution in [-0.4, -0.2) is 32.3 Å². The molecule has 0 amide bonds. The molecule has 1 aromatic carbocycles. The Bertz CT molecular complexity index is 678. The minimum atomic E-state index is -0.199. The van der Waals surface area contributed by atoms with E-state index in [0.717, 1.165) is 37.3 Å². The number of nitrogens with one attached hydrogen (secondary N) is 2. The van der Waals surface area contributed by atoms with Crippen LogP contribution in [0, 0.1) is 12.7 Å². The monoisotopic (exact) mass is 489 g/mol. The van der Waals surface area contributed by atoms with E-state index >= 15 is 0 Å². The van der Waals surface area contributed by atoms with Crippen LogP contribution in [0.15, 0.2) is 46.0 Å². The fraction of sp³-hybridized carbons (Fsp3) is 0.450. The van der Waals surface area contributed by atoms with Gasteiger partial charge in [0.25, 0.3) is 0 Å². The highest BCUT2D eigenvalue weighted by Crippen LogP contribution is 2.10. The van der Waals surface area contributed by atoms with Crippen LogP contribution in [0.4, 0.5) is 4.39 Å². The number of benzene rings is 1. The summed E-state index contributed by atoms with van der Waals surface area (Å²) in [6.45, 7) is 7.05. The summed E-state index contributed by atoms with van der Waals surface area (Å²) in [4.78, 5) is 4.56. The van der Waals surface area contributed by atoms with Gasteiger partial charge in [0.1, 0.15) is 11.6 Å². The average Bonchev–Trinajstić information content (AvgIpc) is 3.15. The summed E-state index contributed by atoms with van der Waals surface area (Å²) in [5.74, 6) is 1.43. The minimum Gasteiger partial charge on any atom is -0.469 e. The molecule has 0 spiro atoms.